The molecular weight excluding hydrogens is 901 g/mol. The summed E-state index contributed by atoms with van der Waals surface area (Å²) in [5.74, 6) is 4.02. The van der Waals surface area contributed by atoms with Gasteiger partial charge in [-0.2, -0.15) is 0 Å². The van der Waals surface area contributed by atoms with Crippen LogP contribution in [-0.4, -0.2) is 110 Å². The van der Waals surface area contributed by atoms with Crippen molar-refractivity contribution >= 4 is 0 Å². The van der Waals surface area contributed by atoms with Gasteiger partial charge >= 0.3 is 0 Å². The maximum Gasteiger partial charge on any atom is 0.238 e. The molecule has 360 valence electrons. The van der Waals surface area contributed by atoms with Crippen LogP contribution in [0.1, 0.15) is 46.2 Å². The molecule has 0 bridgehead atoms. The maximum absolute atomic E-state index is 5.61. The van der Waals surface area contributed by atoms with Gasteiger partial charge in [0.15, 0.2) is 11.6 Å². The quantitative estimate of drug-likeness (QED) is 0.129. The molecule has 4 aromatic carbocycles. The van der Waals surface area contributed by atoms with Crippen molar-refractivity contribution in [3.8, 4) is 68.4 Å². The first-order chi connectivity index (χ1) is 35.2. The molecule has 0 radical (unpaired) electrons. The minimum absolute atomic E-state index is 0.00115. The maximum atomic E-state index is 5.61. The number of aryl methyl sites for hydroxylation is 2. The van der Waals surface area contributed by atoms with Crippen molar-refractivity contribution in [1.82, 2.24) is 68.4 Å². The minimum atomic E-state index is -0.00115. The molecule has 2 aliphatic rings. The van der Waals surface area contributed by atoms with E-state index in [1.54, 1.807) is 26.9 Å². The molecule has 16 nitrogen and oxygen atoms in total. The lowest BCUT2D eigenvalue weighted by Gasteiger charge is -2.32. The highest BCUT2D eigenvalue weighted by molar-refractivity contribution is 5.66. The summed E-state index contributed by atoms with van der Waals surface area (Å²) in [6.45, 7) is 7.21. The molecule has 0 amide bonds. The second-order valence-electron chi connectivity index (χ2n) is 18.1. The Labute approximate surface area is 417 Å². The molecule has 0 saturated heterocycles. The third kappa shape index (κ3) is 9.04. The number of pyridine rings is 2. The number of hydrogen-bond acceptors (Lipinski definition) is 12. The van der Waals surface area contributed by atoms with Crippen molar-refractivity contribution in [3.05, 3.63) is 193 Å². The van der Waals surface area contributed by atoms with Crippen LogP contribution < -0.4 is 9.47 Å². The van der Waals surface area contributed by atoms with Gasteiger partial charge in [0.1, 0.15) is 34.4 Å². The van der Waals surface area contributed by atoms with Crippen molar-refractivity contribution in [1.29, 1.82) is 0 Å². The fourth-order valence-corrected chi connectivity index (χ4v) is 9.58. The predicted molar refractivity (Wildman–Crippen MR) is 276 cm³/mol. The number of aromatic nitrogens is 12. The molecule has 0 aliphatic carbocycles. The number of nitrogens with zero attached hydrogens (tertiary/aromatic N) is 14. The Morgan fingerprint density at radius 3 is 1.26 bits per heavy atom. The van der Waals surface area contributed by atoms with Gasteiger partial charge in [0.05, 0.1) is 63.4 Å². The van der Waals surface area contributed by atoms with E-state index in [0.29, 0.717) is 34.8 Å². The number of fused-ring (bicyclic) bond motifs is 2. The highest BCUT2D eigenvalue weighted by Crippen LogP contribution is 2.36. The van der Waals surface area contributed by atoms with Crippen LogP contribution in [0.25, 0.3) is 56.7 Å². The van der Waals surface area contributed by atoms with Crippen LogP contribution in [0.3, 0.4) is 0 Å². The third-order valence-electron chi connectivity index (χ3n) is 13.2. The van der Waals surface area contributed by atoms with Crippen LogP contribution in [0.4, 0.5) is 0 Å². The van der Waals surface area contributed by atoms with E-state index < -0.39 is 0 Å². The van der Waals surface area contributed by atoms with Gasteiger partial charge in [0, 0.05) is 25.5 Å². The molecule has 16 heteroatoms. The van der Waals surface area contributed by atoms with E-state index in [1.807, 2.05) is 81.1 Å². The summed E-state index contributed by atoms with van der Waals surface area (Å²) in [5.41, 5.74) is 12.0. The molecule has 8 heterocycles. The number of methoxy groups -OCH3 is 2. The Bertz CT molecular complexity index is 3280. The van der Waals surface area contributed by atoms with Gasteiger partial charge in [0.2, 0.25) is 11.8 Å². The largest absolute Gasteiger partial charge is 0.479 e. The van der Waals surface area contributed by atoms with Crippen LogP contribution in [0.2, 0.25) is 0 Å². The van der Waals surface area contributed by atoms with E-state index in [1.165, 1.54) is 33.4 Å². The first-order valence-corrected chi connectivity index (χ1v) is 23.9. The average Bonchev–Trinajstić information content (AvgIpc) is 4.26. The van der Waals surface area contributed by atoms with Crippen LogP contribution in [0.5, 0.6) is 11.8 Å². The fourth-order valence-electron chi connectivity index (χ4n) is 9.58. The number of likely N-dealkylation sites (N-methyl/N-ethyl adjacent to an activating group) is 2. The highest BCUT2D eigenvalue weighted by atomic mass is 16.5. The van der Waals surface area contributed by atoms with Crippen molar-refractivity contribution in [2.24, 2.45) is 0 Å². The van der Waals surface area contributed by atoms with Gasteiger partial charge in [-0.1, -0.05) is 97.1 Å². The van der Waals surface area contributed by atoms with E-state index >= 15 is 0 Å². The molecule has 2 atom stereocenters. The zero-order valence-electron chi connectivity index (χ0n) is 41.1. The van der Waals surface area contributed by atoms with Crippen molar-refractivity contribution < 1.29 is 9.47 Å². The Morgan fingerprint density at radius 2 is 0.875 bits per heavy atom. The predicted octanol–water partition coefficient (Wildman–Crippen LogP) is 9.09. The molecule has 72 heavy (non-hydrogen) atoms. The normalized spacial score (nSPS) is 15.6. The van der Waals surface area contributed by atoms with Crippen molar-refractivity contribution in [2.45, 2.75) is 39.0 Å². The summed E-state index contributed by atoms with van der Waals surface area (Å²) in [4.78, 5) is 32.7. The first-order valence-electron chi connectivity index (χ1n) is 23.9. The second kappa shape index (κ2) is 19.7. The smallest absolute Gasteiger partial charge is 0.238 e. The first kappa shape index (κ1) is 45.8. The monoisotopic (exact) mass is 954 g/mol. The van der Waals surface area contributed by atoms with Gasteiger partial charge < -0.3 is 18.6 Å². The lowest BCUT2D eigenvalue weighted by Crippen LogP contribution is -2.36. The van der Waals surface area contributed by atoms with E-state index in [2.05, 4.69) is 131 Å². The molecule has 10 aromatic rings. The average molecular weight is 955 g/mol. The number of imidazole rings is 2. The third-order valence-corrected chi connectivity index (χ3v) is 13.2. The Balaban J connectivity index is 0.000000156. The topological polar surface area (TPSA) is 148 Å². The molecule has 0 saturated carbocycles. The molecule has 2 aliphatic heterocycles. The van der Waals surface area contributed by atoms with Crippen molar-refractivity contribution in [2.75, 3.05) is 41.4 Å². The zero-order valence-corrected chi connectivity index (χ0v) is 41.1. The summed E-state index contributed by atoms with van der Waals surface area (Å²) in [7, 11) is 7.52. The molecule has 12 rings (SSSR count). The summed E-state index contributed by atoms with van der Waals surface area (Å²) in [5, 5.41) is 9.67. The van der Waals surface area contributed by atoms with Crippen LogP contribution in [0, 0.1) is 13.8 Å². The summed E-state index contributed by atoms with van der Waals surface area (Å²) in [6, 6.07) is 46.1. The molecular formula is C56H54N14O2. The van der Waals surface area contributed by atoms with Gasteiger partial charge in [-0.3, -0.25) is 9.80 Å². The number of benzene rings is 4. The van der Waals surface area contributed by atoms with Gasteiger partial charge in [-0.05, 0) is 97.7 Å². The fraction of sp³-hybridized carbons (Fsp3) is 0.214. The van der Waals surface area contributed by atoms with E-state index in [9.17, 15) is 0 Å². The van der Waals surface area contributed by atoms with Crippen LogP contribution >= 0.6 is 0 Å². The van der Waals surface area contributed by atoms with Gasteiger partial charge in [-0.25, -0.2) is 39.3 Å². The van der Waals surface area contributed by atoms with Gasteiger partial charge in [0.25, 0.3) is 0 Å². The van der Waals surface area contributed by atoms with E-state index in [-0.39, 0.29) is 12.1 Å². The second-order valence-corrected chi connectivity index (χ2v) is 18.1. The van der Waals surface area contributed by atoms with Crippen LogP contribution in [0.15, 0.2) is 159 Å². The SMILES string of the molecule is COc1nc(-c2nc3n(n2)CCN(C)[C@@H]3c2cccc(-c3ccccc3)c2)ccc1-n1cnc(C)c1.COc1nc(-c2nc3n(n2)CCN(C)[C@H]3c2cccc(-c3ccccc3)c2)ccc1-n1cnc(C)c1. The molecule has 0 unspecified atom stereocenters. The summed E-state index contributed by atoms with van der Waals surface area (Å²) < 4.78 is 19.0. The summed E-state index contributed by atoms with van der Waals surface area (Å²) in [6.07, 6.45) is 7.39. The zero-order chi connectivity index (χ0) is 49.3. The minimum Gasteiger partial charge on any atom is -0.479 e. The molecule has 0 spiro atoms. The van der Waals surface area contributed by atoms with E-state index in [4.69, 9.17) is 39.6 Å². The van der Waals surface area contributed by atoms with Gasteiger partial charge in [-0.15, -0.1) is 10.2 Å². The summed E-state index contributed by atoms with van der Waals surface area (Å²) >= 11 is 0. The van der Waals surface area contributed by atoms with Crippen LogP contribution in [-0.2, 0) is 13.1 Å². The lowest BCUT2D eigenvalue weighted by molar-refractivity contribution is 0.213. The lowest BCUT2D eigenvalue weighted by atomic mass is 9.97. The number of rotatable bonds is 10. The molecule has 6 aromatic heterocycles. The Hall–Kier alpha value is -8.60. The van der Waals surface area contributed by atoms with E-state index in [0.717, 1.165) is 60.6 Å². The number of hydrogen-bond donors (Lipinski definition) is 0. The molecule has 0 N–H and O–H groups in total. The Kier molecular flexibility index (Phi) is 12.5. The Morgan fingerprint density at radius 1 is 0.458 bits per heavy atom. The highest BCUT2D eigenvalue weighted by Gasteiger charge is 2.32. The standard InChI is InChI=1S/2C28H27N7O/c2*1-19-17-34(18-29-19)24-13-12-23(30-28(24)36-3)26-31-27-25(33(2)14-15-35(27)32-26)22-11-7-10-21(16-22)20-8-5-4-6-9-20/h2*4-13,16-18,25H,14-15H2,1-3H3/t2*25-/m10/s1. The number of ether oxygens (including phenoxy) is 2. The molecule has 0 fully saturated rings. The van der Waals surface area contributed by atoms with Crippen molar-refractivity contribution in [3.63, 3.8) is 0 Å².